The van der Waals surface area contributed by atoms with Crippen LogP contribution in [0.25, 0.3) is 0 Å². The van der Waals surface area contributed by atoms with Gasteiger partial charge in [0, 0.05) is 18.7 Å². The van der Waals surface area contributed by atoms with E-state index < -0.39 is 0 Å². The molecule has 2 N–H and O–H groups in total. The predicted molar refractivity (Wildman–Crippen MR) is 44.4 cm³/mol. The number of piperidine rings is 1. The molecule has 2 heterocycles. The molecule has 2 aliphatic rings. The second kappa shape index (κ2) is 3.11. The molecule has 0 radical (unpaired) electrons. The molecule has 0 aromatic heterocycles. The van der Waals surface area contributed by atoms with Crippen molar-refractivity contribution >= 4 is 0 Å². The lowest BCUT2D eigenvalue weighted by Crippen LogP contribution is -2.38. The summed E-state index contributed by atoms with van der Waals surface area (Å²) < 4.78 is 0. The Balaban J connectivity index is 1.87. The second-order valence-corrected chi connectivity index (χ2v) is 3.99. The molecule has 2 bridgehead atoms. The van der Waals surface area contributed by atoms with Crippen molar-refractivity contribution in [2.24, 2.45) is 5.92 Å². The SMILES string of the molecule is OCCC1C[C@H]2CC[C@H](C1)N2. The fourth-order valence-corrected chi connectivity index (χ4v) is 2.59. The van der Waals surface area contributed by atoms with Gasteiger partial charge in [0.05, 0.1) is 0 Å². The topological polar surface area (TPSA) is 32.3 Å². The summed E-state index contributed by atoms with van der Waals surface area (Å²) in [5.74, 6) is 0.804. The minimum absolute atomic E-state index is 0.379. The third-order valence-corrected chi connectivity index (χ3v) is 3.11. The first-order chi connectivity index (χ1) is 5.38. The Hall–Kier alpha value is -0.0800. The number of aliphatic hydroxyl groups excluding tert-OH is 1. The minimum Gasteiger partial charge on any atom is -0.396 e. The zero-order chi connectivity index (χ0) is 7.68. The van der Waals surface area contributed by atoms with E-state index in [1.54, 1.807) is 0 Å². The molecular formula is C9H17NO. The highest BCUT2D eigenvalue weighted by atomic mass is 16.3. The molecule has 0 saturated carbocycles. The smallest absolute Gasteiger partial charge is 0.0433 e. The lowest BCUT2D eigenvalue weighted by atomic mass is 9.90. The van der Waals surface area contributed by atoms with Crippen molar-refractivity contribution in [3.63, 3.8) is 0 Å². The summed E-state index contributed by atoms with van der Waals surface area (Å²) in [5, 5.41) is 12.4. The fourth-order valence-electron chi connectivity index (χ4n) is 2.59. The summed E-state index contributed by atoms with van der Waals surface area (Å²) >= 11 is 0. The van der Waals surface area contributed by atoms with E-state index in [-0.39, 0.29) is 0 Å². The van der Waals surface area contributed by atoms with Gasteiger partial charge in [0.2, 0.25) is 0 Å². The number of nitrogens with one attached hydrogen (secondary N) is 1. The lowest BCUT2D eigenvalue weighted by Gasteiger charge is -2.28. The van der Waals surface area contributed by atoms with Gasteiger partial charge in [-0.2, -0.15) is 0 Å². The van der Waals surface area contributed by atoms with E-state index in [1.165, 1.54) is 25.7 Å². The average Bonchev–Trinajstić information content (AvgIpc) is 2.32. The van der Waals surface area contributed by atoms with Gasteiger partial charge in [-0.05, 0) is 38.0 Å². The molecule has 2 heteroatoms. The van der Waals surface area contributed by atoms with Crippen LogP contribution in [0.4, 0.5) is 0 Å². The van der Waals surface area contributed by atoms with Crippen LogP contribution in [0.2, 0.25) is 0 Å². The second-order valence-electron chi connectivity index (χ2n) is 3.99. The molecule has 11 heavy (non-hydrogen) atoms. The molecule has 2 nitrogen and oxygen atoms in total. The van der Waals surface area contributed by atoms with E-state index in [9.17, 15) is 0 Å². The molecule has 2 aliphatic heterocycles. The maximum Gasteiger partial charge on any atom is 0.0433 e. The van der Waals surface area contributed by atoms with Crippen LogP contribution in [0.3, 0.4) is 0 Å². The molecule has 2 fully saturated rings. The number of fused-ring (bicyclic) bond motifs is 2. The summed E-state index contributed by atoms with van der Waals surface area (Å²) in [6.07, 6.45) is 6.36. The number of hydrogen-bond acceptors (Lipinski definition) is 2. The standard InChI is InChI=1S/C9H17NO/c11-4-3-7-5-8-1-2-9(6-7)10-8/h7-11H,1-6H2/t8-,9-/m1/s1. The molecule has 0 aliphatic carbocycles. The number of hydrogen-bond donors (Lipinski definition) is 2. The van der Waals surface area contributed by atoms with Gasteiger partial charge < -0.3 is 10.4 Å². The maximum atomic E-state index is 8.79. The van der Waals surface area contributed by atoms with E-state index in [2.05, 4.69) is 5.32 Å². The molecule has 2 atom stereocenters. The fraction of sp³-hybridized carbons (Fsp3) is 1.00. The van der Waals surface area contributed by atoms with Crippen molar-refractivity contribution in [1.29, 1.82) is 0 Å². The minimum atomic E-state index is 0.379. The Morgan fingerprint density at radius 1 is 1.18 bits per heavy atom. The van der Waals surface area contributed by atoms with Crippen molar-refractivity contribution in [3.05, 3.63) is 0 Å². The van der Waals surface area contributed by atoms with Crippen LogP contribution in [-0.4, -0.2) is 23.8 Å². The van der Waals surface area contributed by atoms with Crippen LogP contribution in [0.1, 0.15) is 32.1 Å². The van der Waals surface area contributed by atoms with Gasteiger partial charge in [-0.25, -0.2) is 0 Å². The number of rotatable bonds is 2. The molecule has 0 aromatic carbocycles. The molecule has 0 spiro atoms. The maximum absolute atomic E-state index is 8.79. The highest BCUT2D eigenvalue weighted by Crippen LogP contribution is 2.32. The molecular weight excluding hydrogens is 138 g/mol. The average molecular weight is 155 g/mol. The van der Waals surface area contributed by atoms with Crippen molar-refractivity contribution in [1.82, 2.24) is 5.32 Å². The molecule has 0 amide bonds. The molecule has 2 saturated heterocycles. The van der Waals surface area contributed by atoms with Gasteiger partial charge in [0.25, 0.3) is 0 Å². The zero-order valence-corrected chi connectivity index (χ0v) is 6.92. The summed E-state index contributed by atoms with van der Waals surface area (Å²) in [6.45, 7) is 0.379. The number of aliphatic hydroxyl groups is 1. The van der Waals surface area contributed by atoms with Crippen molar-refractivity contribution in [3.8, 4) is 0 Å². The lowest BCUT2D eigenvalue weighted by molar-refractivity contribution is 0.214. The van der Waals surface area contributed by atoms with Gasteiger partial charge in [0.15, 0.2) is 0 Å². The summed E-state index contributed by atoms with van der Waals surface area (Å²) in [4.78, 5) is 0. The Labute approximate surface area is 68.0 Å². The van der Waals surface area contributed by atoms with Crippen LogP contribution in [0.15, 0.2) is 0 Å². The monoisotopic (exact) mass is 155 g/mol. The third kappa shape index (κ3) is 1.57. The van der Waals surface area contributed by atoms with Gasteiger partial charge >= 0.3 is 0 Å². The van der Waals surface area contributed by atoms with Crippen LogP contribution < -0.4 is 5.32 Å². The third-order valence-electron chi connectivity index (χ3n) is 3.11. The normalized spacial score (nSPS) is 42.8. The Kier molecular flexibility index (Phi) is 2.14. The Morgan fingerprint density at radius 3 is 2.36 bits per heavy atom. The van der Waals surface area contributed by atoms with Gasteiger partial charge in [-0.1, -0.05) is 0 Å². The Morgan fingerprint density at radius 2 is 1.82 bits per heavy atom. The van der Waals surface area contributed by atoms with E-state index in [4.69, 9.17) is 5.11 Å². The first-order valence-corrected chi connectivity index (χ1v) is 4.75. The summed E-state index contributed by atoms with van der Waals surface area (Å²) in [5.41, 5.74) is 0. The van der Waals surface area contributed by atoms with Crippen molar-refractivity contribution in [2.45, 2.75) is 44.2 Å². The van der Waals surface area contributed by atoms with Crippen molar-refractivity contribution < 1.29 is 5.11 Å². The largest absolute Gasteiger partial charge is 0.396 e. The first kappa shape index (κ1) is 7.56. The predicted octanol–water partition coefficient (Wildman–Crippen LogP) is 0.899. The molecule has 0 aromatic rings. The highest BCUT2D eigenvalue weighted by molar-refractivity contribution is 4.91. The summed E-state index contributed by atoms with van der Waals surface area (Å²) in [7, 11) is 0. The van der Waals surface area contributed by atoms with E-state index >= 15 is 0 Å². The molecule has 0 unspecified atom stereocenters. The quantitative estimate of drug-likeness (QED) is 0.621. The van der Waals surface area contributed by atoms with E-state index in [0.29, 0.717) is 6.61 Å². The zero-order valence-electron chi connectivity index (χ0n) is 6.92. The van der Waals surface area contributed by atoms with Crippen LogP contribution >= 0.6 is 0 Å². The van der Waals surface area contributed by atoms with E-state index in [0.717, 1.165) is 24.4 Å². The van der Waals surface area contributed by atoms with Crippen LogP contribution in [0.5, 0.6) is 0 Å². The van der Waals surface area contributed by atoms with Crippen LogP contribution in [-0.2, 0) is 0 Å². The van der Waals surface area contributed by atoms with Crippen LogP contribution in [0, 0.1) is 5.92 Å². The van der Waals surface area contributed by atoms with Gasteiger partial charge in [0.1, 0.15) is 0 Å². The summed E-state index contributed by atoms with van der Waals surface area (Å²) in [6, 6.07) is 1.57. The Bertz CT molecular complexity index is 126. The van der Waals surface area contributed by atoms with Crippen molar-refractivity contribution in [2.75, 3.05) is 6.61 Å². The highest BCUT2D eigenvalue weighted by Gasteiger charge is 2.32. The molecule has 2 rings (SSSR count). The van der Waals surface area contributed by atoms with Gasteiger partial charge in [-0.15, -0.1) is 0 Å². The molecule has 64 valence electrons. The van der Waals surface area contributed by atoms with Gasteiger partial charge in [-0.3, -0.25) is 0 Å². The first-order valence-electron chi connectivity index (χ1n) is 4.75. The van der Waals surface area contributed by atoms with E-state index in [1.807, 2.05) is 0 Å².